The smallest absolute Gasteiger partial charge is 0.205 e. The molecule has 0 bridgehead atoms. The van der Waals surface area contributed by atoms with Crippen LogP contribution < -0.4 is 0 Å². The SMILES string of the molecule is Cc1ccc(C(=O)c2sccc2F)cc1. The Bertz CT molecular complexity index is 485. The van der Waals surface area contributed by atoms with Gasteiger partial charge in [0, 0.05) is 5.56 Å². The molecule has 0 saturated carbocycles. The Hall–Kier alpha value is -1.48. The molecule has 1 heterocycles. The van der Waals surface area contributed by atoms with Crippen LogP contribution in [0.25, 0.3) is 0 Å². The quantitative estimate of drug-likeness (QED) is 0.709. The van der Waals surface area contributed by atoms with Crippen molar-refractivity contribution in [1.82, 2.24) is 0 Å². The third-order valence-electron chi connectivity index (χ3n) is 2.14. The first kappa shape index (κ1) is 10.1. The summed E-state index contributed by atoms with van der Waals surface area (Å²) in [7, 11) is 0. The Morgan fingerprint density at radius 3 is 2.40 bits per heavy atom. The van der Waals surface area contributed by atoms with Gasteiger partial charge in [0.25, 0.3) is 0 Å². The number of carbonyl (C=O) groups is 1. The highest BCUT2D eigenvalue weighted by Gasteiger charge is 2.14. The summed E-state index contributed by atoms with van der Waals surface area (Å²) in [5, 5.41) is 1.58. The maximum absolute atomic E-state index is 13.2. The molecule has 0 unspecified atom stereocenters. The third kappa shape index (κ3) is 1.97. The Morgan fingerprint density at radius 2 is 1.87 bits per heavy atom. The molecule has 1 nitrogen and oxygen atoms in total. The van der Waals surface area contributed by atoms with Crippen LogP contribution in [-0.4, -0.2) is 5.78 Å². The molecule has 1 aromatic heterocycles. The fourth-order valence-electron chi connectivity index (χ4n) is 1.29. The van der Waals surface area contributed by atoms with E-state index in [-0.39, 0.29) is 10.7 Å². The second-order valence-corrected chi connectivity index (χ2v) is 4.21. The molecule has 0 amide bonds. The van der Waals surface area contributed by atoms with Gasteiger partial charge in [-0.25, -0.2) is 4.39 Å². The molecule has 0 N–H and O–H groups in total. The fourth-order valence-corrected chi connectivity index (χ4v) is 2.02. The summed E-state index contributed by atoms with van der Waals surface area (Å²) in [5.41, 5.74) is 1.61. The molecule has 0 aliphatic heterocycles. The van der Waals surface area contributed by atoms with Crippen molar-refractivity contribution in [2.75, 3.05) is 0 Å². The molecule has 2 rings (SSSR count). The largest absolute Gasteiger partial charge is 0.288 e. The summed E-state index contributed by atoms with van der Waals surface area (Å²) >= 11 is 1.13. The highest BCUT2D eigenvalue weighted by atomic mass is 32.1. The van der Waals surface area contributed by atoms with Gasteiger partial charge in [-0.2, -0.15) is 0 Å². The first-order valence-electron chi connectivity index (χ1n) is 4.53. The number of hydrogen-bond donors (Lipinski definition) is 0. The number of rotatable bonds is 2. The van der Waals surface area contributed by atoms with E-state index in [1.54, 1.807) is 17.5 Å². The van der Waals surface area contributed by atoms with Gasteiger partial charge in [0.2, 0.25) is 5.78 Å². The number of benzene rings is 1. The van der Waals surface area contributed by atoms with Gasteiger partial charge in [-0.15, -0.1) is 11.3 Å². The summed E-state index contributed by atoms with van der Waals surface area (Å²) in [6.07, 6.45) is 0. The van der Waals surface area contributed by atoms with Gasteiger partial charge in [-0.1, -0.05) is 29.8 Å². The van der Waals surface area contributed by atoms with Crippen LogP contribution in [0, 0.1) is 12.7 Å². The average Bonchev–Trinajstić information content (AvgIpc) is 2.65. The fraction of sp³-hybridized carbons (Fsp3) is 0.0833. The van der Waals surface area contributed by atoms with Crippen LogP contribution in [0.1, 0.15) is 20.8 Å². The minimum Gasteiger partial charge on any atom is -0.288 e. The standard InChI is InChI=1S/C12H9FOS/c1-8-2-4-9(5-3-8)11(14)12-10(13)6-7-15-12/h2-7H,1H3. The molecule has 0 radical (unpaired) electrons. The lowest BCUT2D eigenvalue weighted by Crippen LogP contribution is -2.00. The number of thiophene rings is 1. The van der Waals surface area contributed by atoms with Crippen LogP contribution in [-0.2, 0) is 0 Å². The minimum atomic E-state index is -0.439. The van der Waals surface area contributed by atoms with Crippen molar-refractivity contribution in [3.8, 4) is 0 Å². The molecule has 1 aromatic carbocycles. The highest BCUT2D eigenvalue weighted by Crippen LogP contribution is 2.19. The molecule has 0 fully saturated rings. The number of aryl methyl sites for hydroxylation is 1. The van der Waals surface area contributed by atoms with Crippen LogP contribution >= 0.6 is 11.3 Å². The molecule has 15 heavy (non-hydrogen) atoms. The molecule has 3 heteroatoms. The van der Waals surface area contributed by atoms with Gasteiger partial charge < -0.3 is 0 Å². The molecule has 0 spiro atoms. The predicted molar refractivity (Wildman–Crippen MR) is 58.9 cm³/mol. The van der Waals surface area contributed by atoms with Gasteiger partial charge in [-0.05, 0) is 18.4 Å². The Morgan fingerprint density at radius 1 is 1.20 bits per heavy atom. The first-order chi connectivity index (χ1) is 7.18. The van der Waals surface area contributed by atoms with Crippen molar-refractivity contribution in [2.45, 2.75) is 6.92 Å². The van der Waals surface area contributed by atoms with Crippen LogP contribution in [0.4, 0.5) is 4.39 Å². The van der Waals surface area contributed by atoms with Gasteiger partial charge in [0.05, 0.1) is 0 Å². The van der Waals surface area contributed by atoms with E-state index in [0.717, 1.165) is 16.9 Å². The summed E-state index contributed by atoms with van der Waals surface area (Å²) in [6.45, 7) is 1.94. The maximum atomic E-state index is 13.2. The van der Waals surface area contributed by atoms with E-state index in [1.165, 1.54) is 6.07 Å². The molecule has 0 aliphatic rings. The van der Waals surface area contributed by atoms with E-state index in [9.17, 15) is 9.18 Å². The molecule has 0 saturated heterocycles. The summed E-state index contributed by atoms with van der Waals surface area (Å²) in [5.74, 6) is -0.687. The Labute approximate surface area is 91.2 Å². The zero-order valence-electron chi connectivity index (χ0n) is 8.16. The van der Waals surface area contributed by atoms with Crippen LogP contribution in [0.2, 0.25) is 0 Å². The lowest BCUT2D eigenvalue weighted by molar-refractivity contribution is 0.103. The van der Waals surface area contributed by atoms with Gasteiger partial charge in [0.1, 0.15) is 10.7 Å². The lowest BCUT2D eigenvalue weighted by atomic mass is 10.1. The van der Waals surface area contributed by atoms with Crippen LogP contribution in [0.5, 0.6) is 0 Å². The summed E-state index contributed by atoms with van der Waals surface area (Å²) < 4.78 is 13.2. The van der Waals surface area contributed by atoms with E-state index in [2.05, 4.69) is 0 Å². The number of carbonyl (C=O) groups excluding carboxylic acids is 1. The van der Waals surface area contributed by atoms with E-state index in [4.69, 9.17) is 0 Å². The zero-order valence-corrected chi connectivity index (χ0v) is 8.98. The second kappa shape index (κ2) is 3.95. The van der Waals surface area contributed by atoms with Crippen LogP contribution in [0.3, 0.4) is 0 Å². The zero-order chi connectivity index (χ0) is 10.8. The number of ketones is 1. The van der Waals surface area contributed by atoms with Gasteiger partial charge in [0.15, 0.2) is 0 Å². The first-order valence-corrected chi connectivity index (χ1v) is 5.41. The monoisotopic (exact) mass is 220 g/mol. The molecule has 76 valence electrons. The molecule has 2 aromatic rings. The van der Waals surface area contributed by atoms with Crippen molar-refractivity contribution in [3.05, 3.63) is 57.5 Å². The topological polar surface area (TPSA) is 17.1 Å². The second-order valence-electron chi connectivity index (χ2n) is 3.29. The number of halogens is 1. The van der Waals surface area contributed by atoms with E-state index in [0.29, 0.717) is 5.56 Å². The van der Waals surface area contributed by atoms with E-state index in [1.807, 2.05) is 19.1 Å². The van der Waals surface area contributed by atoms with Crippen LogP contribution in [0.15, 0.2) is 35.7 Å². The van der Waals surface area contributed by atoms with Gasteiger partial charge in [-0.3, -0.25) is 4.79 Å². The summed E-state index contributed by atoms with van der Waals surface area (Å²) in [4.78, 5) is 12.0. The van der Waals surface area contributed by atoms with Crippen molar-refractivity contribution >= 4 is 17.1 Å². The predicted octanol–water partition coefficient (Wildman–Crippen LogP) is 3.43. The highest BCUT2D eigenvalue weighted by molar-refractivity contribution is 7.12. The van der Waals surface area contributed by atoms with Gasteiger partial charge >= 0.3 is 0 Å². The molecule has 0 atom stereocenters. The Kier molecular flexibility index (Phi) is 2.64. The molecular weight excluding hydrogens is 211 g/mol. The molecular formula is C12H9FOS. The minimum absolute atomic E-state index is 0.179. The normalized spacial score (nSPS) is 10.3. The van der Waals surface area contributed by atoms with Crippen molar-refractivity contribution in [3.63, 3.8) is 0 Å². The van der Waals surface area contributed by atoms with Crippen molar-refractivity contribution in [2.24, 2.45) is 0 Å². The Balaban J connectivity index is 2.37. The summed E-state index contributed by atoms with van der Waals surface area (Å²) in [6, 6.07) is 8.44. The van der Waals surface area contributed by atoms with E-state index >= 15 is 0 Å². The maximum Gasteiger partial charge on any atom is 0.205 e. The van der Waals surface area contributed by atoms with Crippen molar-refractivity contribution < 1.29 is 9.18 Å². The van der Waals surface area contributed by atoms with E-state index < -0.39 is 5.82 Å². The lowest BCUT2D eigenvalue weighted by Gasteiger charge is -1.98. The number of hydrogen-bond acceptors (Lipinski definition) is 2. The average molecular weight is 220 g/mol. The molecule has 0 aliphatic carbocycles. The third-order valence-corrected chi connectivity index (χ3v) is 3.03. The van der Waals surface area contributed by atoms with Crippen molar-refractivity contribution in [1.29, 1.82) is 0 Å².